The van der Waals surface area contributed by atoms with Crippen LogP contribution in [0.15, 0.2) is 23.1 Å². The smallest absolute Gasteiger partial charge is 0.321 e. The molecule has 1 fully saturated rings. The van der Waals surface area contributed by atoms with Gasteiger partial charge in [-0.25, -0.2) is 4.79 Å². The first-order valence-corrected chi connectivity index (χ1v) is 8.13. The quantitative estimate of drug-likeness (QED) is 0.589. The fraction of sp³-hybridized carbons (Fsp3) is 0.467. The normalized spacial score (nSPS) is 14.9. The van der Waals surface area contributed by atoms with E-state index in [0.717, 1.165) is 36.1 Å². The largest absolute Gasteiger partial charge is 0.398 e. The Labute approximate surface area is 129 Å². The zero-order valence-electron chi connectivity index (χ0n) is 12.1. The molecule has 114 valence electrons. The molecule has 0 bridgehead atoms. The summed E-state index contributed by atoms with van der Waals surface area (Å²) in [6, 6.07) is 5.51. The van der Waals surface area contributed by atoms with Crippen LogP contribution < -0.4 is 16.4 Å². The minimum absolute atomic E-state index is 0.172. The Kier molecular flexibility index (Phi) is 5.50. The van der Waals surface area contributed by atoms with Gasteiger partial charge in [0.25, 0.3) is 0 Å². The molecule has 0 atom stereocenters. The van der Waals surface area contributed by atoms with E-state index in [9.17, 15) is 9.59 Å². The lowest BCUT2D eigenvalue weighted by Gasteiger charge is -2.12. The molecule has 1 aliphatic carbocycles. The van der Waals surface area contributed by atoms with E-state index in [1.165, 1.54) is 11.8 Å². The van der Waals surface area contributed by atoms with Gasteiger partial charge in [0.2, 0.25) is 5.91 Å². The molecule has 1 aliphatic rings. The number of carbonyl (C=O) groups excluding carboxylic acids is 2. The third-order valence-electron chi connectivity index (χ3n) is 3.59. The van der Waals surface area contributed by atoms with Crippen molar-refractivity contribution in [1.82, 2.24) is 10.6 Å². The number of nitrogen functional groups attached to an aromatic ring is 1. The van der Waals surface area contributed by atoms with Crippen LogP contribution in [0.4, 0.5) is 10.5 Å². The molecule has 0 aliphatic heterocycles. The molecule has 0 heterocycles. The first kappa shape index (κ1) is 15.7. The predicted molar refractivity (Wildman–Crippen MR) is 85.2 cm³/mol. The van der Waals surface area contributed by atoms with Crippen molar-refractivity contribution in [3.05, 3.63) is 23.8 Å². The molecule has 4 N–H and O–H groups in total. The average molecular weight is 307 g/mol. The van der Waals surface area contributed by atoms with Crippen LogP contribution in [0.2, 0.25) is 0 Å². The van der Waals surface area contributed by atoms with Crippen LogP contribution in [0.5, 0.6) is 0 Å². The topological polar surface area (TPSA) is 84.2 Å². The zero-order valence-corrected chi connectivity index (χ0v) is 13.0. The predicted octanol–water partition coefficient (Wildman–Crippen LogP) is 2.44. The molecule has 3 amide bonds. The van der Waals surface area contributed by atoms with Crippen molar-refractivity contribution in [2.24, 2.45) is 0 Å². The third-order valence-corrected chi connectivity index (χ3v) is 4.66. The highest BCUT2D eigenvalue weighted by molar-refractivity contribution is 8.00. The van der Waals surface area contributed by atoms with Gasteiger partial charge in [0.1, 0.15) is 0 Å². The second-order valence-electron chi connectivity index (χ2n) is 5.28. The van der Waals surface area contributed by atoms with Gasteiger partial charge in [-0.15, -0.1) is 11.8 Å². The van der Waals surface area contributed by atoms with Gasteiger partial charge in [0, 0.05) is 16.6 Å². The van der Waals surface area contributed by atoms with Crippen LogP contribution in [0, 0.1) is 6.92 Å². The summed E-state index contributed by atoms with van der Waals surface area (Å²) in [5, 5.41) is 5.18. The lowest BCUT2D eigenvalue weighted by atomic mass is 10.2. The molecule has 0 unspecified atom stereocenters. The van der Waals surface area contributed by atoms with Crippen LogP contribution in [-0.4, -0.2) is 23.7 Å². The fourth-order valence-electron chi connectivity index (χ4n) is 2.38. The number of carbonyl (C=O) groups is 2. The summed E-state index contributed by atoms with van der Waals surface area (Å²) in [5.41, 5.74) is 7.62. The van der Waals surface area contributed by atoms with Gasteiger partial charge in [-0.05, 0) is 31.4 Å². The van der Waals surface area contributed by atoms with Crippen molar-refractivity contribution in [3.8, 4) is 0 Å². The van der Waals surface area contributed by atoms with E-state index >= 15 is 0 Å². The summed E-state index contributed by atoms with van der Waals surface area (Å²) in [4.78, 5) is 24.3. The molecule has 0 radical (unpaired) electrons. The summed E-state index contributed by atoms with van der Waals surface area (Å²) >= 11 is 1.34. The summed E-state index contributed by atoms with van der Waals surface area (Å²) in [7, 11) is 0. The van der Waals surface area contributed by atoms with E-state index < -0.39 is 6.03 Å². The van der Waals surface area contributed by atoms with Gasteiger partial charge in [0.15, 0.2) is 0 Å². The van der Waals surface area contributed by atoms with Crippen LogP contribution in [0.1, 0.15) is 31.2 Å². The first-order chi connectivity index (χ1) is 10.1. The van der Waals surface area contributed by atoms with Gasteiger partial charge in [0.05, 0.1) is 5.75 Å². The van der Waals surface area contributed by atoms with Gasteiger partial charge in [-0.2, -0.15) is 0 Å². The van der Waals surface area contributed by atoms with Gasteiger partial charge >= 0.3 is 6.03 Å². The molecular formula is C15H21N3O2S. The molecule has 1 saturated carbocycles. The van der Waals surface area contributed by atoms with Crippen LogP contribution in [0.25, 0.3) is 0 Å². The minimum Gasteiger partial charge on any atom is -0.398 e. The molecule has 0 spiro atoms. The summed E-state index contributed by atoms with van der Waals surface area (Å²) in [5.74, 6) is -0.137. The number of hydrogen-bond donors (Lipinski definition) is 3. The van der Waals surface area contributed by atoms with Crippen molar-refractivity contribution >= 4 is 29.4 Å². The molecule has 1 aromatic carbocycles. The number of aryl methyl sites for hydroxylation is 1. The second kappa shape index (κ2) is 7.36. The Morgan fingerprint density at radius 3 is 2.76 bits per heavy atom. The molecule has 0 saturated heterocycles. The Balaban J connectivity index is 1.76. The SMILES string of the molecule is Cc1cccc(SCC(=O)NC(=O)NC2CCCC2)c1N. The summed E-state index contributed by atoms with van der Waals surface area (Å²) in [6.07, 6.45) is 4.27. The number of rotatable bonds is 4. The number of benzene rings is 1. The van der Waals surface area contributed by atoms with Crippen molar-refractivity contribution in [1.29, 1.82) is 0 Å². The maximum atomic E-state index is 11.8. The number of anilines is 1. The number of thioether (sulfide) groups is 1. The highest BCUT2D eigenvalue weighted by Crippen LogP contribution is 2.27. The standard InChI is InChI=1S/C15H21N3O2S/c1-10-5-4-8-12(14(10)16)21-9-13(19)18-15(20)17-11-6-2-3-7-11/h4-5,8,11H,2-3,6-7,9,16H2,1H3,(H2,17,18,19,20). The van der Waals surface area contributed by atoms with E-state index in [4.69, 9.17) is 5.73 Å². The molecule has 1 aromatic rings. The number of urea groups is 1. The highest BCUT2D eigenvalue weighted by atomic mass is 32.2. The molecule has 6 heteroatoms. The van der Waals surface area contributed by atoms with E-state index in [0.29, 0.717) is 5.69 Å². The van der Waals surface area contributed by atoms with Gasteiger partial charge in [-0.3, -0.25) is 10.1 Å². The van der Waals surface area contributed by atoms with Crippen molar-refractivity contribution in [3.63, 3.8) is 0 Å². The second-order valence-corrected chi connectivity index (χ2v) is 6.30. The zero-order chi connectivity index (χ0) is 15.2. The Morgan fingerprint density at radius 2 is 2.05 bits per heavy atom. The summed E-state index contributed by atoms with van der Waals surface area (Å²) in [6.45, 7) is 1.93. The van der Waals surface area contributed by atoms with E-state index in [1.807, 2.05) is 25.1 Å². The van der Waals surface area contributed by atoms with Crippen molar-refractivity contribution in [2.75, 3.05) is 11.5 Å². The monoisotopic (exact) mass is 307 g/mol. The van der Waals surface area contributed by atoms with E-state index in [1.54, 1.807) is 0 Å². The third kappa shape index (κ3) is 4.67. The number of nitrogens with one attached hydrogen (secondary N) is 2. The maximum Gasteiger partial charge on any atom is 0.321 e. The average Bonchev–Trinajstić information content (AvgIpc) is 2.93. The Morgan fingerprint density at radius 1 is 1.33 bits per heavy atom. The first-order valence-electron chi connectivity index (χ1n) is 7.14. The van der Waals surface area contributed by atoms with Crippen LogP contribution >= 0.6 is 11.8 Å². The minimum atomic E-state index is -0.398. The Bertz CT molecular complexity index is 528. The molecule has 2 rings (SSSR count). The van der Waals surface area contributed by atoms with E-state index in [2.05, 4.69) is 10.6 Å². The van der Waals surface area contributed by atoms with Gasteiger partial charge < -0.3 is 11.1 Å². The molecule has 5 nitrogen and oxygen atoms in total. The number of nitrogens with two attached hydrogens (primary N) is 1. The fourth-order valence-corrected chi connectivity index (χ4v) is 3.23. The van der Waals surface area contributed by atoms with Gasteiger partial charge in [-0.1, -0.05) is 25.0 Å². The molecule has 0 aromatic heterocycles. The van der Waals surface area contributed by atoms with E-state index in [-0.39, 0.29) is 17.7 Å². The number of hydrogen-bond acceptors (Lipinski definition) is 4. The van der Waals surface area contributed by atoms with Crippen molar-refractivity contribution in [2.45, 2.75) is 43.5 Å². The Hall–Kier alpha value is -1.69. The molecule has 21 heavy (non-hydrogen) atoms. The van der Waals surface area contributed by atoms with Crippen molar-refractivity contribution < 1.29 is 9.59 Å². The maximum absolute atomic E-state index is 11.8. The summed E-state index contributed by atoms with van der Waals surface area (Å²) < 4.78 is 0. The number of amides is 3. The molecular weight excluding hydrogens is 286 g/mol. The lowest BCUT2D eigenvalue weighted by Crippen LogP contribution is -2.44. The lowest BCUT2D eigenvalue weighted by molar-refractivity contribution is -0.117. The van der Waals surface area contributed by atoms with Crippen LogP contribution in [0.3, 0.4) is 0 Å². The van der Waals surface area contributed by atoms with Crippen LogP contribution in [-0.2, 0) is 4.79 Å². The number of imide groups is 1. The highest BCUT2D eigenvalue weighted by Gasteiger charge is 2.18. The number of para-hydroxylation sites is 1.